The lowest BCUT2D eigenvalue weighted by Gasteiger charge is -2.13. The molecule has 21 heavy (non-hydrogen) atoms. The lowest BCUT2D eigenvalue weighted by Crippen LogP contribution is -2.14. The molecule has 2 aromatic carbocycles. The summed E-state index contributed by atoms with van der Waals surface area (Å²) in [4.78, 5) is 0. The number of amidine groups is 1. The van der Waals surface area contributed by atoms with Crippen LogP contribution in [0.25, 0.3) is 0 Å². The van der Waals surface area contributed by atoms with Crippen molar-refractivity contribution in [2.45, 2.75) is 6.61 Å². The minimum Gasteiger partial charge on any atom is -0.494 e. The first-order valence-corrected chi connectivity index (χ1v) is 6.49. The van der Waals surface area contributed by atoms with Gasteiger partial charge in [-0.15, -0.1) is 0 Å². The second-order valence-corrected chi connectivity index (χ2v) is 4.66. The van der Waals surface area contributed by atoms with E-state index in [1.807, 2.05) is 0 Å². The molecule has 0 unspecified atom stereocenters. The summed E-state index contributed by atoms with van der Waals surface area (Å²) in [5, 5.41) is 7.84. The molecular formula is C15H14ClFN2O2. The minimum absolute atomic E-state index is 0.0242. The summed E-state index contributed by atoms with van der Waals surface area (Å²) >= 11 is 5.99. The van der Waals surface area contributed by atoms with Crippen LogP contribution in [0.2, 0.25) is 5.02 Å². The van der Waals surface area contributed by atoms with E-state index in [9.17, 15) is 4.39 Å². The fourth-order valence-corrected chi connectivity index (χ4v) is 2.13. The molecule has 0 amide bonds. The molecule has 0 spiro atoms. The summed E-state index contributed by atoms with van der Waals surface area (Å²) in [5.74, 6) is -0.209. The van der Waals surface area contributed by atoms with Gasteiger partial charge < -0.3 is 15.2 Å². The van der Waals surface area contributed by atoms with Gasteiger partial charge in [0.2, 0.25) is 0 Å². The van der Waals surface area contributed by atoms with Crippen molar-refractivity contribution in [1.29, 1.82) is 5.41 Å². The average molecular weight is 309 g/mol. The van der Waals surface area contributed by atoms with Crippen LogP contribution in [0, 0.1) is 11.2 Å². The number of halogens is 2. The molecule has 0 saturated heterocycles. The first-order valence-electron chi connectivity index (χ1n) is 6.11. The van der Waals surface area contributed by atoms with Gasteiger partial charge in [0.15, 0.2) is 11.6 Å². The minimum atomic E-state index is -0.480. The molecule has 110 valence electrons. The van der Waals surface area contributed by atoms with Crippen LogP contribution >= 0.6 is 11.6 Å². The molecule has 0 saturated carbocycles. The van der Waals surface area contributed by atoms with Crippen molar-refractivity contribution in [3.05, 3.63) is 58.4 Å². The van der Waals surface area contributed by atoms with Crippen molar-refractivity contribution in [3.8, 4) is 11.5 Å². The van der Waals surface area contributed by atoms with Crippen LogP contribution in [-0.2, 0) is 6.61 Å². The van der Waals surface area contributed by atoms with Gasteiger partial charge in [0.25, 0.3) is 0 Å². The van der Waals surface area contributed by atoms with Gasteiger partial charge in [-0.05, 0) is 18.2 Å². The number of hydrogen-bond donors (Lipinski definition) is 2. The van der Waals surface area contributed by atoms with Gasteiger partial charge in [-0.2, -0.15) is 0 Å². The summed E-state index contributed by atoms with van der Waals surface area (Å²) in [6, 6.07) is 9.70. The van der Waals surface area contributed by atoms with Gasteiger partial charge in [-0.3, -0.25) is 5.41 Å². The van der Waals surface area contributed by atoms with Gasteiger partial charge >= 0.3 is 0 Å². The van der Waals surface area contributed by atoms with Crippen LogP contribution in [0.15, 0.2) is 36.4 Å². The summed E-state index contributed by atoms with van der Waals surface area (Å²) in [6.45, 7) is -0.0242. The lowest BCUT2D eigenvalue weighted by atomic mass is 10.1. The van der Waals surface area contributed by atoms with E-state index in [4.69, 9.17) is 32.2 Å². The lowest BCUT2D eigenvalue weighted by molar-refractivity contribution is 0.295. The van der Waals surface area contributed by atoms with Crippen LogP contribution in [0.4, 0.5) is 4.39 Å². The Morgan fingerprint density at radius 2 is 1.90 bits per heavy atom. The molecule has 0 fully saturated rings. The Kier molecular flexibility index (Phi) is 4.65. The molecule has 0 aliphatic heterocycles. The SMILES string of the molecule is COc1cccc(COc2cccc(Cl)c2C(=N)N)c1F. The van der Waals surface area contributed by atoms with Gasteiger partial charge in [0, 0.05) is 5.56 Å². The molecule has 0 aliphatic rings. The highest BCUT2D eigenvalue weighted by Gasteiger charge is 2.13. The zero-order valence-corrected chi connectivity index (χ0v) is 12.1. The van der Waals surface area contributed by atoms with Crippen LogP contribution in [0.5, 0.6) is 11.5 Å². The third-order valence-electron chi connectivity index (χ3n) is 2.89. The third-order valence-corrected chi connectivity index (χ3v) is 3.21. The van der Waals surface area contributed by atoms with Crippen molar-refractivity contribution in [2.24, 2.45) is 5.73 Å². The van der Waals surface area contributed by atoms with Crippen LogP contribution < -0.4 is 15.2 Å². The Bertz CT molecular complexity index is 677. The largest absolute Gasteiger partial charge is 0.494 e. The van der Waals surface area contributed by atoms with Gasteiger partial charge in [-0.1, -0.05) is 29.8 Å². The van der Waals surface area contributed by atoms with Crippen molar-refractivity contribution in [1.82, 2.24) is 0 Å². The van der Waals surface area contributed by atoms with Crippen LogP contribution in [0.3, 0.4) is 0 Å². The molecule has 0 heterocycles. The molecule has 0 radical (unpaired) electrons. The summed E-state index contributed by atoms with van der Waals surface area (Å²) < 4.78 is 24.5. The maximum atomic E-state index is 14.0. The summed E-state index contributed by atoms with van der Waals surface area (Å²) in [6.07, 6.45) is 0. The topological polar surface area (TPSA) is 68.3 Å². The van der Waals surface area contributed by atoms with E-state index in [-0.39, 0.29) is 18.2 Å². The van der Waals surface area contributed by atoms with Crippen LogP contribution in [-0.4, -0.2) is 12.9 Å². The monoisotopic (exact) mass is 308 g/mol. The highest BCUT2D eigenvalue weighted by atomic mass is 35.5. The maximum absolute atomic E-state index is 14.0. The second kappa shape index (κ2) is 6.45. The quantitative estimate of drug-likeness (QED) is 0.657. The zero-order valence-electron chi connectivity index (χ0n) is 11.3. The Morgan fingerprint density at radius 1 is 1.24 bits per heavy atom. The second-order valence-electron chi connectivity index (χ2n) is 4.25. The van der Waals surface area contributed by atoms with E-state index < -0.39 is 5.82 Å². The number of nitrogens with two attached hydrogens (primary N) is 1. The predicted molar refractivity (Wildman–Crippen MR) is 79.8 cm³/mol. The Hall–Kier alpha value is -2.27. The van der Waals surface area contributed by atoms with E-state index in [0.717, 1.165) is 0 Å². The van der Waals surface area contributed by atoms with Gasteiger partial charge in [0.05, 0.1) is 17.7 Å². The number of rotatable bonds is 5. The standard InChI is InChI=1S/C15H14ClFN2O2/c1-20-12-7-2-4-9(14(12)17)8-21-11-6-3-5-10(16)13(11)15(18)19/h2-7H,8H2,1H3,(H3,18,19). The Morgan fingerprint density at radius 3 is 2.57 bits per heavy atom. The zero-order chi connectivity index (χ0) is 15.4. The first-order chi connectivity index (χ1) is 10.0. The first kappa shape index (κ1) is 15.1. The number of ether oxygens (including phenoxy) is 2. The highest BCUT2D eigenvalue weighted by Crippen LogP contribution is 2.27. The molecule has 0 atom stereocenters. The molecule has 4 nitrogen and oxygen atoms in total. The molecule has 0 aromatic heterocycles. The Balaban J connectivity index is 2.25. The van der Waals surface area contributed by atoms with E-state index in [1.54, 1.807) is 30.3 Å². The van der Waals surface area contributed by atoms with E-state index in [2.05, 4.69) is 0 Å². The maximum Gasteiger partial charge on any atom is 0.171 e. The van der Waals surface area contributed by atoms with Gasteiger partial charge in [-0.25, -0.2) is 4.39 Å². The molecule has 0 bridgehead atoms. The molecule has 0 aliphatic carbocycles. The van der Waals surface area contributed by atoms with E-state index >= 15 is 0 Å². The smallest absolute Gasteiger partial charge is 0.171 e. The van der Waals surface area contributed by atoms with Crippen molar-refractivity contribution in [2.75, 3.05) is 7.11 Å². The predicted octanol–water partition coefficient (Wildman–Crippen LogP) is 3.35. The van der Waals surface area contributed by atoms with Gasteiger partial charge in [0.1, 0.15) is 18.2 Å². The molecule has 6 heteroatoms. The fourth-order valence-electron chi connectivity index (χ4n) is 1.87. The molecule has 2 rings (SSSR count). The summed E-state index contributed by atoms with van der Waals surface area (Å²) in [5.41, 5.74) is 6.12. The number of benzene rings is 2. The van der Waals surface area contributed by atoms with Crippen molar-refractivity contribution in [3.63, 3.8) is 0 Å². The fraction of sp³-hybridized carbons (Fsp3) is 0.133. The summed E-state index contributed by atoms with van der Waals surface area (Å²) in [7, 11) is 1.40. The molecular weight excluding hydrogens is 295 g/mol. The molecule has 3 N–H and O–H groups in total. The van der Waals surface area contributed by atoms with E-state index in [0.29, 0.717) is 21.9 Å². The molecule has 2 aromatic rings. The number of nitrogens with one attached hydrogen (secondary N) is 1. The average Bonchev–Trinajstić information content (AvgIpc) is 2.45. The third kappa shape index (κ3) is 3.25. The van der Waals surface area contributed by atoms with Crippen LogP contribution in [0.1, 0.15) is 11.1 Å². The van der Waals surface area contributed by atoms with Crippen molar-refractivity contribution >= 4 is 17.4 Å². The number of methoxy groups -OCH3 is 1. The van der Waals surface area contributed by atoms with Crippen molar-refractivity contribution < 1.29 is 13.9 Å². The normalized spacial score (nSPS) is 10.2. The highest BCUT2D eigenvalue weighted by molar-refractivity contribution is 6.34. The number of nitrogen functional groups attached to an aromatic ring is 1. The van der Waals surface area contributed by atoms with E-state index in [1.165, 1.54) is 13.2 Å². The Labute approximate surface area is 126 Å². The number of hydrogen-bond acceptors (Lipinski definition) is 3.